The number of amides is 15. The van der Waals surface area contributed by atoms with Crippen LogP contribution in [0.3, 0.4) is 0 Å². The van der Waals surface area contributed by atoms with Crippen LogP contribution in [0.2, 0.25) is 0 Å². The van der Waals surface area contributed by atoms with E-state index >= 15 is 0 Å². The number of rotatable bonds is 57. The van der Waals surface area contributed by atoms with Gasteiger partial charge in [0.05, 0.1) is 98.4 Å². The van der Waals surface area contributed by atoms with Crippen molar-refractivity contribution < 1.29 is 159 Å². The van der Waals surface area contributed by atoms with Gasteiger partial charge in [0, 0.05) is 84.6 Å². The van der Waals surface area contributed by atoms with Crippen molar-refractivity contribution >= 4 is 101 Å². The Kier molecular flexibility index (Phi) is 54.0. The third-order valence-electron chi connectivity index (χ3n) is 16.9. The van der Waals surface area contributed by atoms with Crippen molar-refractivity contribution in [3.63, 3.8) is 0 Å². The lowest BCUT2D eigenvalue weighted by molar-refractivity contribution is -0.294. The highest BCUT2D eigenvalue weighted by molar-refractivity contribution is 5.96. The molecule has 1 aliphatic rings. The molecule has 0 unspecified atom stereocenters. The van der Waals surface area contributed by atoms with Crippen molar-refractivity contribution in [2.24, 2.45) is 0 Å². The zero-order chi connectivity index (χ0) is 96.4. The number of aliphatic hydroxyl groups excluding tert-OH is 5. The molecule has 49 nitrogen and oxygen atoms in total. The SMILES string of the molecule is COC(=O)[C@H](CCNC(=O)OC(C)(C)C)NC(=O)[C@@H](NC(=O)[C@H](CCNC(=O)OC(C)(C)C)NC(=O)CCC(=O)NCCOCCNC(=O)CN(CC(=O)NCCOCCNC(=O)CCC(=O)N[C@@H](CCNC(=O)OC(C)(C)C)C(=O)N[C@H](C(=O)N[C@@H](CCNC(=O)OC(C)(C)C)C(=O)OC)[C@@H](C)O)CC(=O)NCCOCCO[C@@H]1O[C@@H](C)[C@H](O)[C@@H](O)[C@H]1O)[C@@H](C)O. The summed E-state index contributed by atoms with van der Waals surface area (Å²) in [6.45, 7) is 20.1. The van der Waals surface area contributed by atoms with Crippen LogP contribution in [0.15, 0.2) is 0 Å². The first-order chi connectivity index (χ1) is 59.2. The molecule has 20 N–H and O–H groups in total. The van der Waals surface area contributed by atoms with Gasteiger partial charge in [-0.2, -0.15) is 0 Å². The number of carbonyl (C=O) groups is 17. The Balaban J connectivity index is 2.98. The first-order valence-corrected chi connectivity index (χ1v) is 41.5. The maximum atomic E-state index is 13.8. The average molecular weight is 1830 g/mol. The highest BCUT2D eigenvalue weighted by Crippen LogP contribution is 2.22. The molecule has 15 amide bonds. The molecule has 1 saturated heterocycles. The third kappa shape index (κ3) is 54.5. The molecule has 0 aliphatic carbocycles. The molecule has 0 radical (unpaired) electrons. The van der Waals surface area contributed by atoms with Gasteiger partial charge < -0.3 is 157 Å². The quantitative estimate of drug-likeness (QED) is 0.0153. The standard InChI is InChI=1S/C78H138N16O33/c1-45(95)59(66(109)90-50(68(111)117-16)24-28-86-73(115)126-77(10,11)12)92-64(107)48(22-26-84-71(113)124-75(4,5)6)88-54(99)20-18-52(97)79-30-35-119-37-32-81-56(101)42-94(44-58(103)83-34-39-121-40-41-122-70-63(106)62(105)61(104)47(3)123-70)43-57(102)82-33-38-120-36-31-80-53(98)19-21-55(100)89-49(23-27-85-72(114)125-76(7,8)9)65(108)93-60(46(2)96)67(110)91-51(69(112)118-17)25-29-87-74(116)127-78(13,14)15/h45-51,59-63,70,95-96,104-106H,18-44H2,1-17H3,(H,79,97)(H,80,98)(H,81,101)(H,82,102)(H,83,103)(H,84,113)(H,85,114)(H,86,115)(H,87,116)(H,88,99)(H,89,100)(H,90,109)(H,91,110)(H,92,107)(H,93,108)/t45-,46-,47+,48+,49+,50+,51+,59+,60+,61+,62-,63-,70-/m1/s1. The summed E-state index contributed by atoms with van der Waals surface area (Å²) in [5.41, 5.74) is -3.47. The molecule has 1 heterocycles. The third-order valence-corrected chi connectivity index (χ3v) is 16.9. The maximum absolute atomic E-state index is 13.8. The second-order valence-corrected chi connectivity index (χ2v) is 33.0. The van der Waals surface area contributed by atoms with Crippen LogP contribution in [0.1, 0.15) is 155 Å². The fourth-order valence-corrected chi connectivity index (χ4v) is 10.8. The Morgan fingerprint density at radius 2 is 0.622 bits per heavy atom. The molecule has 49 heteroatoms. The summed E-state index contributed by atoms with van der Waals surface area (Å²) < 4.78 is 57.9. The van der Waals surface area contributed by atoms with Crippen molar-refractivity contribution in [3.8, 4) is 0 Å². The molecule has 0 aromatic carbocycles. The molecule has 1 aliphatic heterocycles. The number of nitrogens with zero attached hydrogens (tertiary/aromatic N) is 1. The van der Waals surface area contributed by atoms with E-state index in [1.807, 2.05) is 0 Å². The summed E-state index contributed by atoms with van der Waals surface area (Å²) in [6, 6.07) is -9.22. The van der Waals surface area contributed by atoms with Crippen LogP contribution < -0.4 is 79.8 Å². The maximum Gasteiger partial charge on any atom is 0.407 e. The predicted molar refractivity (Wildman–Crippen MR) is 445 cm³/mol. The summed E-state index contributed by atoms with van der Waals surface area (Å²) in [7, 11) is 2.10. The van der Waals surface area contributed by atoms with Crippen LogP contribution in [-0.2, 0) is 114 Å². The first kappa shape index (κ1) is 115. The molecule has 13 atom stereocenters. The van der Waals surface area contributed by atoms with Crippen molar-refractivity contribution in [2.75, 3.05) is 139 Å². The number of esters is 2. The highest BCUT2D eigenvalue weighted by atomic mass is 16.7. The number of nitrogens with one attached hydrogen (secondary N) is 15. The minimum Gasteiger partial charge on any atom is -0.467 e. The van der Waals surface area contributed by atoms with E-state index in [0.717, 1.165) is 14.2 Å². The van der Waals surface area contributed by atoms with E-state index in [4.69, 9.17) is 52.1 Å². The van der Waals surface area contributed by atoms with Gasteiger partial charge in [-0.3, -0.25) is 57.6 Å². The lowest BCUT2D eigenvalue weighted by Crippen LogP contribution is -2.59. The van der Waals surface area contributed by atoms with Gasteiger partial charge >= 0.3 is 36.3 Å². The van der Waals surface area contributed by atoms with Crippen LogP contribution in [0.4, 0.5) is 19.2 Å². The molecule has 0 spiro atoms. The van der Waals surface area contributed by atoms with Crippen LogP contribution in [0.5, 0.6) is 0 Å². The molecule has 127 heavy (non-hydrogen) atoms. The van der Waals surface area contributed by atoms with Crippen LogP contribution in [0.25, 0.3) is 0 Å². The second kappa shape index (κ2) is 59.7. The zero-order valence-corrected chi connectivity index (χ0v) is 75.7. The fourth-order valence-electron chi connectivity index (χ4n) is 10.8. The molecular weight excluding hydrogens is 1690 g/mol. The Morgan fingerprint density at radius 1 is 0.339 bits per heavy atom. The molecule has 0 saturated carbocycles. The number of methoxy groups -OCH3 is 2. The van der Waals surface area contributed by atoms with E-state index < -0.39 is 248 Å². The van der Waals surface area contributed by atoms with Crippen LogP contribution in [0, 0.1) is 0 Å². The molecule has 0 aromatic heterocycles. The summed E-state index contributed by atoms with van der Waals surface area (Å²) in [4.78, 5) is 223. The van der Waals surface area contributed by atoms with Gasteiger partial charge in [-0.05, 0) is 130 Å². The monoisotopic (exact) mass is 1830 g/mol. The second-order valence-electron chi connectivity index (χ2n) is 33.0. The van der Waals surface area contributed by atoms with E-state index in [9.17, 15) is 107 Å². The Hall–Kier alpha value is -10.2. The molecule has 1 rings (SSSR count). The Morgan fingerprint density at radius 3 is 0.913 bits per heavy atom. The van der Waals surface area contributed by atoms with E-state index in [0.29, 0.717) is 0 Å². The lowest BCUT2D eigenvalue weighted by atomic mass is 10.0. The van der Waals surface area contributed by atoms with Gasteiger partial charge in [0.2, 0.25) is 65.0 Å². The predicted octanol–water partition coefficient (Wildman–Crippen LogP) is -6.00. The Labute approximate surface area is 738 Å². The van der Waals surface area contributed by atoms with Crippen molar-refractivity contribution in [3.05, 3.63) is 0 Å². The van der Waals surface area contributed by atoms with Crippen LogP contribution >= 0.6 is 0 Å². The number of hydrogen-bond donors (Lipinski definition) is 20. The van der Waals surface area contributed by atoms with Crippen molar-refractivity contribution in [2.45, 2.75) is 257 Å². The van der Waals surface area contributed by atoms with E-state index in [1.165, 1.54) is 25.7 Å². The number of aliphatic hydroxyl groups is 5. The largest absolute Gasteiger partial charge is 0.467 e. The minimum atomic E-state index is -1.73. The van der Waals surface area contributed by atoms with Crippen molar-refractivity contribution in [1.29, 1.82) is 0 Å². The normalized spacial score (nSPS) is 17.0. The van der Waals surface area contributed by atoms with E-state index in [-0.39, 0.29) is 131 Å². The molecular formula is C78H138N16O33. The molecule has 0 bridgehead atoms. The molecule has 0 aromatic rings. The number of carbonyl (C=O) groups excluding carboxylic acids is 17. The fraction of sp³-hybridized carbons (Fsp3) is 0.782. The zero-order valence-electron chi connectivity index (χ0n) is 75.7. The van der Waals surface area contributed by atoms with Crippen LogP contribution in [-0.4, -0.2) is 372 Å². The number of ether oxygens (including phenoxy) is 11. The number of hydrogen-bond acceptors (Lipinski definition) is 34. The Bertz CT molecular complexity index is 3310. The lowest BCUT2D eigenvalue weighted by Gasteiger charge is -2.38. The highest BCUT2D eigenvalue weighted by Gasteiger charge is 2.43. The summed E-state index contributed by atoms with van der Waals surface area (Å²) in [6.07, 6.45) is -15.7. The van der Waals surface area contributed by atoms with Gasteiger partial charge in [0.25, 0.3) is 0 Å². The van der Waals surface area contributed by atoms with Gasteiger partial charge in [-0.15, -0.1) is 0 Å². The van der Waals surface area contributed by atoms with Gasteiger partial charge in [-0.1, -0.05) is 0 Å². The summed E-state index contributed by atoms with van der Waals surface area (Å²) in [5, 5.41) is 88.6. The smallest absolute Gasteiger partial charge is 0.407 e. The number of alkyl carbamates (subject to hydrolysis) is 4. The topological polar surface area (TPSA) is 677 Å². The first-order valence-electron chi connectivity index (χ1n) is 41.5. The minimum absolute atomic E-state index is 0.0387. The molecule has 728 valence electrons. The molecule has 1 fully saturated rings. The van der Waals surface area contributed by atoms with Gasteiger partial charge in [0.1, 0.15) is 77.0 Å². The van der Waals surface area contributed by atoms with E-state index in [2.05, 4.69) is 79.8 Å². The van der Waals surface area contributed by atoms with Crippen molar-refractivity contribution in [1.82, 2.24) is 84.7 Å². The summed E-state index contributed by atoms with van der Waals surface area (Å²) >= 11 is 0. The van der Waals surface area contributed by atoms with Gasteiger partial charge in [-0.25, -0.2) is 28.8 Å². The average Bonchev–Trinajstić information content (AvgIpc) is 0.833. The summed E-state index contributed by atoms with van der Waals surface area (Å²) in [5.74, 6) is -10.8. The van der Waals surface area contributed by atoms with Gasteiger partial charge in [0.15, 0.2) is 6.29 Å². The van der Waals surface area contributed by atoms with E-state index in [1.54, 1.807) is 83.1 Å².